The van der Waals surface area contributed by atoms with Gasteiger partial charge < -0.3 is 15.4 Å². The molecule has 0 saturated heterocycles. The topological polar surface area (TPSA) is 50.4 Å². The van der Waals surface area contributed by atoms with Crippen molar-refractivity contribution in [2.45, 2.75) is 12.5 Å². The van der Waals surface area contributed by atoms with Gasteiger partial charge in [-0.25, -0.2) is 4.79 Å². The second kappa shape index (κ2) is 6.91. The molecule has 2 amide bonds. The van der Waals surface area contributed by atoms with Crippen LogP contribution in [-0.4, -0.2) is 12.4 Å². The van der Waals surface area contributed by atoms with E-state index in [9.17, 15) is 31.1 Å². The second-order valence-electron chi connectivity index (χ2n) is 4.70. The van der Waals surface area contributed by atoms with Gasteiger partial charge in [0.2, 0.25) is 0 Å². The van der Waals surface area contributed by atoms with Gasteiger partial charge in [0.1, 0.15) is 5.75 Å². The predicted molar refractivity (Wildman–Crippen MR) is 77.2 cm³/mol. The standard InChI is InChI=1S/C15H10F6N2O2/c16-14(17,18)11-6-1-2-7-12(11)23-13(24)22-9-4-3-5-10(8-9)25-15(19,20)21/h1-8H,(H2,22,23,24). The monoisotopic (exact) mass is 364 g/mol. The van der Waals surface area contributed by atoms with Crippen LogP contribution in [0.2, 0.25) is 0 Å². The van der Waals surface area contributed by atoms with Crippen LogP contribution < -0.4 is 15.4 Å². The number of nitrogens with one attached hydrogen (secondary N) is 2. The van der Waals surface area contributed by atoms with E-state index in [-0.39, 0.29) is 5.69 Å². The van der Waals surface area contributed by atoms with Gasteiger partial charge in [-0.3, -0.25) is 0 Å². The van der Waals surface area contributed by atoms with Gasteiger partial charge in [0, 0.05) is 11.8 Å². The lowest BCUT2D eigenvalue weighted by Crippen LogP contribution is -2.22. The van der Waals surface area contributed by atoms with E-state index in [1.54, 1.807) is 0 Å². The van der Waals surface area contributed by atoms with Crippen molar-refractivity contribution in [3.63, 3.8) is 0 Å². The maximum Gasteiger partial charge on any atom is 0.573 e. The van der Waals surface area contributed by atoms with E-state index in [4.69, 9.17) is 0 Å². The van der Waals surface area contributed by atoms with E-state index in [1.807, 2.05) is 5.32 Å². The highest BCUT2D eigenvalue weighted by Gasteiger charge is 2.33. The van der Waals surface area contributed by atoms with Crippen LogP contribution >= 0.6 is 0 Å². The number of carbonyl (C=O) groups is 1. The Labute approximate surface area is 137 Å². The van der Waals surface area contributed by atoms with Crippen molar-refractivity contribution in [1.82, 2.24) is 0 Å². The summed E-state index contributed by atoms with van der Waals surface area (Å²) in [5.41, 5.74) is -1.64. The van der Waals surface area contributed by atoms with Crippen LogP contribution in [0.3, 0.4) is 0 Å². The van der Waals surface area contributed by atoms with Crippen LogP contribution in [0.15, 0.2) is 48.5 Å². The first-order valence-corrected chi connectivity index (χ1v) is 6.64. The van der Waals surface area contributed by atoms with Crippen molar-refractivity contribution < 1.29 is 35.9 Å². The minimum absolute atomic E-state index is 0.0938. The smallest absolute Gasteiger partial charge is 0.406 e. The summed E-state index contributed by atoms with van der Waals surface area (Å²) < 4.78 is 78.7. The quantitative estimate of drug-likeness (QED) is 0.731. The third-order valence-electron chi connectivity index (χ3n) is 2.81. The molecule has 2 rings (SSSR count). The van der Waals surface area contributed by atoms with Crippen molar-refractivity contribution >= 4 is 17.4 Å². The molecule has 0 aromatic heterocycles. The molecule has 2 aromatic rings. The summed E-state index contributed by atoms with van der Waals surface area (Å²) in [6.45, 7) is 0. The maximum absolute atomic E-state index is 12.8. The van der Waals surface area contributed by atoms with Crippen LogP contribution in [0, 0.1) is 0 Å². The molecule has 0 fully saturated rings. The van der Waals surface area contributed by atoms with Crippen LogP contribution in [-0.2, 0) is 6.18 Å². The number of alkyl halides is 6. The third kappa shape index (κ3) is 5.59. The molecule has 0 aliphatic carbocycles. The Bertz CT molecular complexity index is 758. The number of ether oxygens (including phenoxy) is 1. The van der Waals surface area contributed by atoms with Gasteiger partial charge in [0.25, 0.3) is 0 Å². The first-order chi connectivity index (χ1) is 11.5. The summed E-state index contributed by atoms with van der Waals surface area (Å²) in [5.74, 6) is -0.582. The largest absolute Gasteiger partial charge is 0.573 e. The van der Waals surface area contributed by atoms with E-state index in [0.717, 1.165) is 30.3 Å². The van der Waals surface area contributed by atoms with Crippen LogP contribution in [0.5, 0.6) is 5.75 Å². The van der Waals surface area contributed by atoms with Gasteiger partial charge in [-0.05, 0) is 24.3 Å². The number of anilines is 2. The number of hydrogen-bond donors (Lipinski definition) is 2. The highest BCUT2D eigenvalue weighted by atomic mass is 19.4. The minimum Gasteiger partial charge on any atom is -0.406 e. The average Bonchev–Trinajstić information content (AvgIpc) is 2.45. The third-order valence-corrected chi connectivity index (χ3v) is 2.81. The molecule has 4 nitrogen and oxygen atoms in total. The molecule has 0 saturated carbocycles. The summed E-state index contributed by atoms with van der Waals surface area (Å²) in [7, 11) is 0. The number of rotatable bonds is 3. The number of carbonyl (C=O) groups excluding carboxylic acids is 1. The first kappa shape index (κ1) is 18.4. The zero-order valence-electron chi connectivity index (χ0n) is 12.2. The summed E-state index contributed by atoms with van der Waals surface area (Å²) >= 11 is 0. The SMILES string of the molecule is O=C(Nc1cccc(OC(F)(F)F)c1)Nc1ccccc1C(F)(F)F. The van der Waals surface area contributed by atoms with E-state index < -0.39 is 35.6 Å². The summed E-state index contributed by atoms with van der Waals surface area (Å²) in [5, 5.41) is 4.13. The Morgan fingerprint density at radius 3 is 2.20 bits per heavy atom. The lowest BCUT2D eigenvalue weighted by molar-refractivity contribution is -0.274. The highest BCUT2D eigenvalue weighted by Crippen LogP contribution is 2.34. The van der Waals surface area contributed by atoms with Crippen molar-refractivity contribution in [2.24, 2.45) is 0 Å². The molecule has 0 aliphatic rings. The molecular weight excluding hydrogens is 354 g/mol. The molecule has 0 bridgehead atoms. The van der Waals surface area contributed by atoms with Crippen LogP contribution in [0.25, 0.3) is 0 Å². The van der Waals surface area contributed by atoms with Gasteiger partial charge >= 0.3 is 18.6 Å². The molecule has 2 aromatic carbocycles. The Balaban J connectivity index is 2.10. The summed E-state index contributed by atoms with van der Waals surface area (Å²) in [6, 6.07) is 7.55. The summed E-state index contributed by atoms with van der Waals surface area (Å²) in [6.07, 6.45) is -9.59. The molecule has 0 atom stereocenters. The molecule has 0 radical (unpaired) electrons. The van der Waals surface area contributed by atoms with Crippen LogP contribution in [0.1, 0.15) is 5.56 Å². The van der Waals surface area contributed by atoms with Gasteiger partial charge in [-0.2, -0.15) is 13.2 Å². The van der Waals surface area contributed by atoms with Crippen molar-refractivity contribution in [3.05, 3.63) is 54.1 Å². The number of amides is 2. The number of hydrogen-bond acceptors (Lipinski definition) is 2. The van der Waals surface area contributed by atoms with E-state index >= 15 is 0 Å². The number of para-hydroxylation sites is 1. The lowest BCUT2D eigenvalue weighted by Gasteiger charge is -2.14. The average molecular weight is 364 g/mol. The minimum atomic E-state index is -4.91. The predicted octanol–water partition coefficient (Wildman–Crippen LogP) is 5.25. The molecule has 0 aliphatic heterocycles. The molecular formula is C15H10F6N2O2. The lowest BCUT2D eigenvalue weighted by atomic mass is 10.1. The van der Waals surface area contributed by atoms with Crippen LogP contribution in [0.4, 0.5) is 42.5 Å². The maximum atomic E-state index is 12.8. The second-order valence-corrected chi connectivity index (χ2v) is 4.70. The zero-order chi connectivity index (χ0) is 18.7. The molecule has 134 valence electrons. The first-order valence-electron chi connectivity index (χ1n) is 6.64. The molecule has 2 N–H and O–H groups in total. The Hall–Kier alpha value is -2.91. The highest BCUT2D eigenvalue weighted by molar-refractivity contribution is 6.00. The molecule has 10 heteroatoms. The van der Waals surface area contributed by atoms with Crippen molar-refractivity contribution in [1.29, 1.82) is 0 Å². The summed E-state index contributed by atoms with van der Waals surface area (Å²) in [4.78, 5) is 11.8. The van der Waals surface area contributed by atoms with Gasteiger partial charge in [-0.15, -0.1) is 13.2 Å². The van der Waals surface area contributed by atoms with Gasteiger partial charge in [0.15, 0.2) is 0 Å². The molecule has 0 heterocycles. The molecule has 25 heavy (non-hydrogen) atoms. The van der Waals surface area contributed by atoms with Crippen molar-refractivity contribution in [2.75, 3.05) is 10.6 Å². The number of halogens is 6. The Kier molecular flexibility index (Phi) is 5.10. The fourth-order valence-corrected chi connectivity index (χ4v) is 1.89. The normalized spacial score (nSPS) is 11.8. The van der Waals surface area contributed by atoms with E-state index in [0.29, 0.717) is 0 Å². The zero-order valence-corrected chi connectivity index (χ0v) is 12.2. The Morgan fingerprint density at radius 1 is 0.880 bits per heavy atom. The molecule has 0 unspecified atom stereocenters. The fourth-order valence-electron chi connectivity index (χ4n) is 1.89. The number of benzene rings is 2. The van der Waals surface area contributed by atoms with E-state index in [1.165, 1.54) is 18.2 Å². The Morgan fingerprint density at radius 2 is 1.56 bits per heavy atom. The van der Waals surface area contributed by atoms with Gasteiger partial charge in [-0.1, -0.05) is 18.2 Å². The molecule has 0 spiro atoms. The number of urea groups is 1. The van der Waals surface area contributed by atoms with Gasteiger partial charge in [0.05, 0.1) is 11.3 Å². The van der Waals surface area contributed by atoms with Crippen molar-refractivity contribution in [3.8, 4) is 5.75 Å². The van der Waals surface area contributed by atoms with E-state index in [2.05, 4.69) is 10.1 Å². The fraction of sp³-hybridized carbons (Fsp3) is 0.133.